The quantitative estimate of drug-likeness (QED) is 0.603. The maximum absolute atomic E-state index is 12.1. The van der Waals surface area contributed by atoms with Crippen LogP contribution < -0.4 is 5.56 Å². The zero-order chi connectivity index (χ0) is 11.3. The van der Waals surface area contributed by atoms with Gasteiger partial charge in [0.1, 0.15) is 11.2 Å². The van der Waals surface area contributed by atoms with Crippen LogP contribution in [-0.4, -0.2) is 37.8 Å². The van der Waals surface area contributed by atoms with Crippen LogP contribution in [0.5, 0.6) is 0 Å². The second kappa shape index (κ2) is 3.15. The highest BCUT2D eigenvalue weighted by Gasteiger charge is 2.18. The van der Waals surface area contributed by atoms with E-state index in [4.69, 9.17) is 0 Å². The Morgan fingerprint density at radius 3 is 2.94 bits per heavy atom. The number of nitrogens with zero attached hydrogens (tertiary/aromatic N) is 5. The smallest absolute Gasteiger partial charge is 0.264 e. The molecule has 0 N–H and O–H groups in total. The molecular formula is C10H13N5O. The van der Waals surface area contributed by atoms with E-state index in [1.807, 2.05) is 7.05 Å². The summed E-state index contributed by atoms with van der Waals surface area (Å²) in [6.07, 6.45) is 1.59. The van der Waals surface area contributed by atoms with Gasteiger partial charge in [0.25, 0.3) is 5.56 Å². The zero-order valence-corrected chi connectivity index (χ0v) is 9.34. The summed E-state index contributed by atoms with van der Waals surface area (Å²) in [5.41, 5.74) is 0.702. The third kappa shape index (κ3) is 1.19. The van der Waals surface area contributed by atoms with E-state index >= 15 is 0 Å². The van der Waals surface area contributed by atoms with Crippen molar-refractivity contribution in [3.05, 3.63) is 22.4 Å². The fourth-order valence-electron chi connectivity index (χ4n) is 2.10. The van der Waals surface area contributed by atoms with Crippen molar-refractivity contribution in [2.24, 2.45) is 7.05 Å². The highest BCUT2D eigenvalue weighted by Crippen LogP contribution is 2.11. The lowest BCUT2D eigenvalue weighted by molar-refractivity contribution is 0.258. The minimum Gasteiger partial charge on any atom is -0.297 e. The van der Waals surface area contributed by atoms with Crippen molar-refractivity contribution in [2.45, 2.75) is 13.1 Å². The molecule has 2 aromatic heterocycles. The van der Waals surface area contributed by atoms with Gasteiger partial charge < -0.3 is 0 Å². The van der Waals surface area contributed by atoms with Crippen LogP contribution in [0.2, 0.25) is 0 Å². The lowest BCUT2D eigenvalue weighted by atomic mass is 10.3. The molecule has 6 heteroatoms. The summed E-state index contributed by atoms with van der Waals surface area (Å²) < 4.78 is 3.40. The second-order valence-electron chi connectivity index (χ2n) is 4.23. The largest absolute Gasteiger partial charge is 0.297 e. The first-order chi connectivity index (χ1) is 7.66. The van der Waals surface area contributed by atoms with Crippen LogP contribution in [0.4, 0.5) is 0 Å². The molecule has 0 spiro atoms. The van der Waals surface area contributed by atoms with Crippen LogP contribution in [0.1, 0.15) is 5.82 Å². The molecule has 0 radical (unpaired) electrons. The summed E-state index contributed by atoms with van der Waals surface area (Å²) in [6, 6.07) is 0. The van der Waals surface area contributed by atoms with Crippen LogP contribution in [0.15, 0.2) is 11.0 Å². The topological polar surface area (TPSA) is 56.0 Å². The number of hydrogen-bond donors (Lipinski definition) is 0. The fraction of sp³-hybridized carbons (Fsp3) is 0.500. The summed E-state index contributed by atoms with van der Waals surface area (Å²) in [6.45, 7) is 2.32. The number of aromatic nitrogens is 4. The molecule has 3 rings (SSSR count). The van der Waals surface area contributed by atoms with Crippen molar-refractivity contribution in [2.75, 3.05) is 13.6 Å². The number of likely N-dealkylation sites (N-methyl/N-ethyl adjacent to an activating group) is 1. The van der Waals surface area contributed by atoms with E-state index in [1.165, 1.54) is 0 Å². The molecule has 3 heterocycles. The van der Waals surface area contributed by atoms with Gasteiger partial charge >= 0.3 is 0 Å². The number of fused-ring (bicyclic) bond motifs is 2. The molecule has 0 saturated heterocycles. The Labute approximate surface area is 92.1 Å². The molecule has 0 amide bonds. The molecule has 1 aliphatic heterocycles. The monoisotopic (exact) mass is 219 g/mol. The summed E-state index contributed by atoms with van der Waals surface area (Å²) >= 11 is 0. The molecular weight excluding hydrogens is 206 g/mol. The SMILES string of the molecule is CN1CCn2c(nc3c(cnn3C)c2=O)C1. The van der Waals surface area contributed by atoms with E-state index in [1.54, 1.807) is 22.5 Å². The molecule has 84 valence electrons. The van der Waals surface area contributed by atoms with Crippen molar-refractivity contribution >= 4 is 11.0 Å². The average molecular weight is 219 g/mol. The van der Waals surface area contributed by atoms with Crippen LogP contribution >= 0.6 is 0 Å². The van der Waals surface area contributed by atoms with E-state index in [0.29, 0.717) is 17.6 Å². The fourth-order valence-corrected chi connectivity index (χ4v) is 2.10. The van der Waals surface area contributed by atoms with Crippen LogP contribution in [0.3, 0.4) is 0 Å². The van der Waals surface area contributed by atoms with Gasteiger partial charge in [-0.25, -0.2) is 4.98 Å². The van der Waals surface area contributed by atoms with E-state index in [9.17, 15) is 4.79 Å². The zero-order valence-electron chi connectivity index (χ0n) is 9.34. The Bertz CT molecular complexity index is 611. The molecule has 0 bridgehead atoms. The lowest BCUT2D eigenvalue weighted by Gasteiger charge is -2.25. The Morgan fingerprint density at radius 1 is 1.31 bits per heavy atom. The van der Waals surface area contributed by atoms with E-state index in [0.717, 1.165) is 18.9 Å². The van der Waals surface area contributed by atoms with E-state index in [-0.39, 0.29) is 5.56 Å². The Balaban J connectivity index is 2.35. The maximum Gasteiger partial charge on any atom is 0.264 e. The molecule has 0 unspecified atom stereocenters. The average Bonchev–Trinajstić information content (AvgIpc) is 2.61. The molecule has 1 aliphatic rings. The van der Waals surface area contributed by atoms with Crippen molar-refractivity contribution in [1.82, 2.24) is 24.2 Å². The predicted octanol–water partition coefficient (Wildman–Crippen LogP) is -0.425. The normalized spacial score (nSPS) is 16.6. The van der Waals surface area contributed by atoms with Crippen molar-refractivity contribution in [1.29, 1.82) is 0 Å². The highest BCUT2D eigenvalue weighted by atomic mass is 16.1. The third-order valence-corrected chi connectivity index (χ3v) is 3.05. The molecule has 6 nitrogen and oxygen atoms in total. The van der Waals surface area contributed by atoms with Gasteiger partial charge in [-0.2, -0.15) is 5.10 Å². The van der Waals surface area contributed by atoms with Gasteiger partial charge in [-0.05, 0) is 7.05 Å². The summed E-state index contributed by atoms with van der Waals surface area (Å²) in [7, 11) is 3.83. The first-order valence-corrected chi connectivity index (χ1v) is 5.27. The summed E-state index contributed by atoms with van der Waals surface area (Å²) in [5.74, 6) is 0.829. The van der Waals surface area contributed by atoms with E-state index in [2.05, 4.69) is 15.0 Å². The van der Waals surface area contributed by atoms with Crippen LogP contribution in [0.25, 0.3) is 11.0 Å². The van der Waals surface area contributed by atoms with Crippen molar-refractivity contribution in [3.8, 4) is 0 Å². The molecule has 0 fully saturated rings. The Morgan fingerprint density at radius 2 is 2.12 bits per heavy atom. The molecule has 0 atom stereocenters. The predicted molar refractivity (Wildman–Crippen MR) is 59.1 cm³/mol. The van der Waals surface area contributed by atoms with Gasteiger partial charge in [0.05, 0.1) is 12.7 Å². The summed E-state index contributed by atoms with van der Waals surface area (Å²) in [5, 5.41) is 4.68. The number of rotatable bonds is 0. The molecule has 16 heavy (non-hydrogen) atoms. The van der Waals surface area contributed by atoms with Gasteiger partial charge in [0.2, 0.25) is 0 Å². The Hall–Kier alpha value is -1.69. The maximum atomic E-state index is 12.1. The first kappa shape index (κ1) is 9.53. The van der Waals surface area contributed by atoms with Gasteiger partial charge in [-0.15, -0.1) is 0 Å². The first-order valence-electron chi connectivity index (χ1n) is 5.27. The highest BCUT2D eigenvalue weighted by molar-refractivity contribution is 5.73. The van der Waals surface area contributed by atoms with E-state index < -0.39 is 0 Å². The number of aryl methyl sites for hydroxylation is 1. The van der Waals surface area contributed by atoms with Crippen molar-refractivity contribution in [3.63, 3.8) is 0 Å². The minimum atomic E-state index is 0.0289. The third-order valence-electron chi connectivity index (χ3n) is 3.05. The van der Waals surface area contributed by atoms with Gasteiger partial charge in [-0.1, -0.05) is 0 Å². The summed E-state index contributed by atoms with van der Waals surface area (Å²) in [4.78, 5) is 18.8. The number of hydrogen-bond acceptors (Lipinski definition) is 4. The van der Waals surface area contributed by atoms with Gasteiger partial charge in [-0.3, -0.25) is 18.9 Å². The van der Waals surface area contributed by atoms with Crippen LogP contribution in [-0.2, 0) is 20.1 Å². The molecule has 0 saturated carbocycles. The van der Waals surface area contributed by atoms with Crippen molar-refractivity contribution < 1.29 is 0 Å². The standard InChI is InChI=1S/C10H13N5O/c1-13-3-4-15-8(6-13)12-9-7(10(15)16)5-11-14(9)2/h5H,3-4,6H2,1-2H3. The lowest BCUT2D eigenvalue weighted by Crippen LogP contribution is -2.38. The van der Waals surface area contributed by atoms with Gasteiger partial charge in [0.15, 0.2) is 5.65 Å². The second-order valence-corrected chi connectivity index (χ2v) is 4.23. The molecule has 0 aliphatic carbocycles. The minimum absolute atomic E-state index is 0.0289. The van der Waals surface area contributed by atoms with Gasteiger partial charge in [0, 0.05) is 20.1 Å². The van der Waals surface area contributed by atoms with Crippen LogP contribution in [0, 0.1) is 0 Å². The molecule has 2 aromatic rings. The Kier molecular flexibility index (Phi) is 1.88. The molecule has 0 aromatic carbocycles.